The number of piperidine rings is 1. The first kappa shape index (κ1) is 15.0. The van der Waals surface area contributed by atoms with E-state index in [2.05, 4.69) is 39.3 Å². The molecule has 0 unspecified atom stereocenters. The van der Waals surface area contributed by atoms with E-state index in [-0.39, 0.29) is 0 Å². The third-order valence-electron chi connectivity index (χ3n) is 4.21. The highest BCUT2D eigenvalue weighted by atomic mass is 15.1. The van der Waals surface area contributed by atoms with Crippen molar-refractivity contribution in [3.8, 4) is 0 Å². The molecule has 5 nitrogen and oxygen atoms in total. The first-order valence-corrected chi connectivity index (χ1v) is 7.63. The third kappa shape index (κ3) is 3.60. The second-order valence-electron chi connectivity index (χ2n) is 5.60. The van der Waals surface area contributed by atoms with Crippen LogP contribution in [0.5, 0.6) is 0 Å². The minimum absolute atomic E-state index is 0.755. The lowest BCUT2D eigenvalue weighted by molar-refractivity contribution is 0.198. The Morgan fingerprint density at radius 3 is 2.40 bits per heavy atom. The van der Waals surface area contributed by atoms with Crippen molar-refractivity contribution in [1.29, 1.82) is 0 Å². The van der Waals surface area contributed by atoms with Gasteiger partial charge < -0.3 is 15.5 Å². The third-order valence-corrected chi connectivity index (χ3v) is 4.21. The van der Waals surface area contributed by atoms with E-state index in [9.17, 15) is 0 Å². The number of anilines is 2. The van der Waals surface area contributed by atoms with Gasteiger partial charge in [0, 0.05) is 19.2 Å². The number of hydrogen-bond donors (Lipinski definition) is 2. The van der Waals surface area contributed by atoms with Crippen molar-refractivity contribution in [2.45, 2.75) is 33.6 Å². The highest BCUT2D eigenvalue weighted by Crippen LogP contribution is 2.22. The molecule has 0 aromatic carbocycles. The summed E-state index contributed by atoms with van der Waals surface area (Å²) in [4.78, 5) is 11.4. The van der Waals surface area contributed by atoms with Crippen LogP contribution in [-0.2, 0) is 0 Å². The van der Waals surface area contributed by atoms with Crippen LogP contribution in [0.25, 0.3) is 0 Å². The van der Waals surface area contributed by atoms with Crippen LogP contribution in [0.15, 0.2) is 0 Å². The normalized spacial score (nSPS) is 17.2. The smallest absolute Gasteiger partial charge is 0.134 e. The number of aryl methyl sites for hydroxylation is 1. The molecule has 20 heavy (non-hydrogen) atoms. The number of nitrogens with one attached hydrogen (secondary N) is 2. The summed E-state index contributed by atoms with van der Waals surface area (Å²) in [6.45, 7) is 10.9. The highest BCUT2D eigenvalue weighted by molar-refractivity contribution is 5.56. The number of rotatable bonds is 5. The largest absolute Gasteiger partial charge is 0.373 e. The molecule has 0 saturated carbocycles. The van der Waals surface area contributed by atoms with Gasteiger partial charge in [-0.2, -0.15) is 0 Å². The van der Waals surface area contributed by atoms with Crippen molar-refractivity contribution in [2.75, 3.05) is 43.9 Å². The van der Waals surface area contributed by atoms with E-state index in [1.54, 1.807) is 0 Å². The van der Waals surface area contributed by atoms with E-state index in [4.69, 9.17) is 0 Å². The Kier molecular flexibility index (Phi) is 5.17. The van der Waals surface area contributed by atoms with E-state index >= 15 is 0 Å². The standard InChI is InChI=1S/C15H27N5/c1-5-20-8-6-13(7-9-20)10-17-15-11(2)14(16-4)18-12(3)19-15/h13H,5-10H2,1-4H3,(H2,16,17,18,19). The summed E-state index contributed by atoms with van der Waals surface area (Å²) < 4.78 is 0. The molecular formula is C15H27N5. The lowest BCUT2D eigenvalue weighted by atomic mass is 9.97. The molecule has 0 radical (unpaired) electrons. The fourth-order valence-electron chi connectivity index (χ4n) is 2.79. The Morgan fingerprint density at radius 1 is 1.15 bits per heavy atom. The summed E-state index contributed by atoms with van der Waals surface area (Å²) in [6.07, 6.45) is 2.56. The maximum absolute atomic E-state index is 4.52. The van der Waals surface area contributed by atoms with Gasteiger partial charge in [0.25, 0.3) is 0 Å². The van der Waals surface area contributed by atoms with Crippen molar-refractivity contribution in [3.05, 3.63) is 11.4 Å². The van der Waals surface area contributed by atoms with Gasteiger partial charge in [-0.3, -0.25) is 0 Å². The van der Waals surface area contributed by atoms with Crippen LogP contribution in [0.1, 0.15) is 31.2 Å². The van der Waals surface area contributed by atoms with E-state index in [1.807, 2.05) is 14.0 Å². The summed E-state index contributed by atoms with van der Waals surface area (Å²) >= 11 is 0. The Morgan fingerprint density at radius 2 is 1.80 bits per heavy atom. The molecule has 0 bridgehead atoms. The molecule has 112 valence electrons. The van der Waals surface area contributed by atoms with E-state index in [0.29, 0.717) is 0 Å². The molecule has 0 amide bonds. The fourth-order valence-corrected chi connectivity index (χ4v) is 2.79. The van der Waals surface area contributed by atoms with Crippen LogP contribution in [0.3, 0.4) is 0 Å². The van der Waals surface area contributed by atoms with E-state index in [0.717, 1.165) is 35.5 Å². The number of aromatic nitrogens is 2. The number of hydrogen-bond acceptors (Lipinski definition) is 5. The van der Waals surface area contributed by atoms with Gasteiger partial charge in [0.05, 0.1) is 0 Å². The molecule has 1 fully saturated rings. The molecule has 1 aromatic rings. The first-order chi connectivity index (χ1) is 9.63. The van der Waals surface area contributed by atoms with Crippen LogP contribution in [0.4, 0.5) is 11.6 Å². The molecule has 0 spiro atoms. The van der Waals surface area contributed by atoms with Crippen LogP contribution in [-0.4, -0.2) is 48.1 Å². The Bertz CT molecular complexity index is 438. The minimum Gasteiger partial charge on any atom is -0.373 e. The topological polar surface area (TPSA) is 53.1 Å². The molecule has 2 rings (SSSR count). The Labute approximate surface area is 122 Å². The summed E-state index contributed by atoms with van der Waals surface area (Å²) in [5.41, 5.74) is 1.10. The average molecular weight is 277 g/mol. The van der Waals surface area contributed by atoms with Gasteiger partial charge in [0.1, 0.15) is 17.5 Å². The molecule has 2 N–H and O–H groups in total. The second kappa shape index (κ2) is 6.88. The zero-order chi connectivity index (χ0) is 14.5. The molecule has 2 heterocycles. The second-order valence-corrected chi connectivity index (χ2v) is 5.60. The predicted molar refractivity (Wildman–Crippen MR) is 84.4 cm³/mol. The molecule has 1 aromatic heterocycles. The van der Waals surface area contributed by atoms with Crippen LogP contribution in [0, 0.1) is 19.8 Å². The molecule has 5 heteroatoms. The first-order valence-electron chi connectivity index (χ1n) is 7.63. The monoisotopic (exact) mass is 277 g/mol. The number of likely N-dealkylation sites (tertiary alicyclic amines) is 1. The van der Waals surface area contributed by atoms with Gasteiger partial charge >= 0.3 is 0 Å². The van der Waals surface area contributed by atoms with E-state index < -0.39 is 0 Å². The fraction of sp³-hybridized carbons (Fsp3) is 0.733. The van der Waals surface area contributed by atoms with Gasteiger partial charge in [-0.1, -0.05) is 6.92 Å². The van der Waals surface area contributed by atoms with Gasteiger partial charge in [-0.15, -0.1) is 0 Å². The van der Waals surface area contributed by atoms with Crippen molar-refractivity contribution < 1.29 is 0 Å². The average Bonchev–Trinajstić information content (AvgIpc) is 2.48. The van der Waals surface area contributed by atoms with Crippen molar-refractivity contribution in [2.24, 2.45) is 5.92 Å². The molecule has 1 aliphatic heterocycles. The van der Waals surface area contributed by atoms with Crippen LogP contribution in [0.2, 0.25) is 0 Å². The summed E-state index contributed by atoms with van der Waals surface area (Å²) in [6, 6.07) is 0. The lowest BCUT2D eigenvalue weighted by Crippen LogP contribution is -2.35. The molecule has 0 atom stereocenters. The van der Waals surface area contributed by atoms with Crippen molar-refractivity contribution in [1.82, 2.24) is 14.9 Å². The summed E-state index contributed by atoms with van der Waals surface area (Å²) in [5, 5.41) is 6.65. The van der Waals surface area contributed by atoms with Crippen LogP contribution < -0.4 is 10.6 Å². The quantitative estimate of drug-likeness (QED) is 0.865. The maximum Gasteiger partial charge on any atom is 0.134 e. The zero-order valence-corrected chi connectivity index (χ0v) is 13.2. The Hall–Kier alpha value is -1.36. The minimum atomic E-state index is 0.755. The molecule has 1 aliphatic rings. The maximum atomic E-state index is 4.52. The molecular weight excluding hydrogens is 250 g/mol. The number of nitrogens with zero attached hydrogens (tertiary/aromatic N) is 3. The molecule has 1 saturated heterocycles. The van der Waals surface area contributed by atoms with Gasteiger partial charge in [-0.05, 0) is 52.2 Å². The van der Waals surface area contributed by atoms with Crippen molar-refractivity contribution >= 4 is 11.6 Å². The summed E-state index contributed by atoms with van der Waals surface area (Å²) in [7, 11) is 1.90. The van der Waals surface area contributed by atoms with E-state index in [1.165, 1.54) is 32.5 Å². The van der Waals surface area contributed by atoms with Crippen LogP contribution >= 0.6 is 0 Å². The van der Waals surface area contributed by atoms with Gasteiger partial charge in [0.2, 0.25) is 0 Å². The zero-order valence-electron chi connectivity index (χ0n) is 13.2. The van der Waals surface area contributed by atoms with Gasteiger partial charge in [0.15, 0.2) is 0 Å². The summed E-state index contributed by atoms with van der Waals surface area (Å²) in [5.74, 6) is 3.45. The predicted octanol–water partition coefficient (Wildman–Crippen LogP) is 2.28. The highest BCUT2D eigenvalue weighted by Gasteiger charge is 2.18. The SMILES string of the molecule is CCN1CCC(CNc2nc(C)nc(NC)c2C)CC1. The van der Waals surface area contributed by atoms with Gasteiger partial charge in [-0.25, -0.2) is 9.97 Å². The lowest BCUT2D eigenvalue weighted by Gasteiger charge is -2.31. The Balaban J connectivity index is 1.93. The molecule has 0 aliphatic carbocycles. The van der Waals surface area contributed by atoms with Crippen molar-refractivity contribution in [3.63, 3.8) is 0 Å².